The normalized spacial score (nSPS) is 21.9. The Morgan fingerprint density at radius 2 is 1.79 bits per heavy atom. The molecule has 0 spiro atoms. The van der Waals surface area contributed by atoms with Crippen LogP contribution in [-0.2, 0) is 17.8 Å². The molecule has 1 unspecified atom stereocenters. The maximum atomic E-state index is 13.7. The van der Waals surface area contributed by atoms with E-state index in [2.05, 4.69) is 5.32 Å². The van der Waals surface area contributed by atoms with Gasteiger partial charge in [-0.15, -0.1) is 0 Å². The smallest absolute Gasteiger partial charge is 0.259 e. The molecule has 1 amide bonds. The van der Waals surface area contributed by atoms with Crippen molar-refractivity contribution < 1.29 is 14.7 Å². The van der Waals surface area contributed by atoms with Crippen molar-refractivity contribution in [3.8, 4) is 0 Å². The summed E-state index contributed by atoms with van der Waals surface area (Å²) in [5, 5.41) is 13.4. The molecular weight excluding hydrogens is 428 g/mol. The molecule has 34 heavy (non-hydrogen) atoms. The number of ketones is 1. The van der Waals surface area contributed by atoms with E-state index < -0.39 is 6.10 Å². The average molecular weight is 463 g/mol. The van der Waals surface area contributed by atoms with Gasteiger partial charge in [0.1, 0.15) is 0 Å². The molecule has 1 saturated carbocycles. The number of aliphatic hydroxyl groups is 1. The summed E-state index contributed by atoms with van der Waals surface area (Å²) in [4.78, 5) is 40.0. The van der Waals surface area contributed by atoms with Crippen molar-refractivity contribution in [1.29, 1.82) is 0 Å². The van der Waals surface area contributed by atoms with Crippen LogP contribution in [-0.4, -0.2) is 33.5 Å². The van der Waals surface area contributed by atoms with Gasteiger partial charge in [-0.1, -0.05) is 63.9 Å². The molecule has 6 nitrogen and oxygen atoms in total. The summed E-state index contributed by atoms with van der Waals surface area (Å²) >= 11 is 0. The van der Waals surface area contributed by atoms with Crippen LogP contribution in [0.15, 0.2) is 46.8 Å². The summed E-state index contributed by atoms with van der Waals surface area (Å²) in [6.45, 7) is 5.86. The maximum absolute atomic E-state index is 13.7. The lowest BCUT2D eigenvalue weighted by Crippen LogP contribution is -2.45. The number of pyridine rings is 1. The molecule has 1 heterocycles. The Morgan fingerprint density at radius 3 is 2.44 bits per heavy atom. The molecule has 6 heteroatoms. The second-order valence-electron chi connectivity index (χ2n) is 9.40. The number of benzene rings is 1. The lowest BCUT2D eigenvalue weighted by molar-refractivity contribution is -0.119. The van der Waals surface area contributed by atoms with Crippen LogP contribution in [0.5, 0.6) is 0 Å². The minimum Gasteiger partial charge on any atom is -0.391 e. The molecule has 1 aromatic carbocycles. The van der Waals surface area contributed by atoms with Gasteiger partial charge in [0.15, 0.2) is 5.78 Å². The zero-order valence-electron chi connectivity index (χ0n) is 20.3. The van der Waals surface area contributed by atoms with Gasteiger partial charge in [0.25, 0.3) is 5.56 Å². The van der Waals surface area contributed by atoms with Crippen molar-refractivity contribution in [3.63, 3.8) is 0 Å². The summed E-state index contributed by atoms with van der Waals surface area (Å²) in [5.41, 5.74) is 3.93. The van der Waals surface area contributed by atoms with E-state index in [0.717, 1.165) is 36.1 Å². The first-order valence-electron chi connectivity index (χ1n) is 12.4. The maximum Gasteiger partial charge on any atom is 0.259 e. The number of Topliss-reactive ketones (excluding diaryl/α,β-unsaturated/α-hetero) is 1. The van der Waals surface area contributed by atoms with Crippen LogP contribution in [0.4, 0.5) is 0 Å². The van der Waals surface area contributed by atoms with Crippen LogP contribution >= 0.6 is 0 Å². The Labute approximate surface area is 200 Å². The van der Waals surface area contributed by atoms with Crippen LogP contribution in [0.2, 0.25) is 0 Å². The fraction of sp³-hybridized carbons (Fsp3) is 0.464. The summed E-state index contributed by atoms with van der Waals surface area (Å²) in [7, 11) is 0. The minimum atomic E-state index is -0.532. The predicted octanol–water partition coefficient (Wildman–Crippen LogP) is 3.99. The molecule has 180 valence electrons. The second kappa shape index (κ2) is 10.1. The lowest BCUT2D eigenvalue weighted by Gasteiger charge is -2.29. The van der Waals surface area contributed by atoms with Crippen LogP contribution in [0.25, 0.3) is 5.57 Å². The largest absolute Gasteiger partial charge is 0.391 e. The summed E-state index contributed by atoms with van der Waals surface area (Å²) in [6, 6.07) is 10.7. The van der Waals surface area contributed by atoms with Gasteiger partial charge in [-0.3, -0.25) is 14.4 Å². The van der Waals surface area contributed by atoms with Crippen LogP contribution in [0.3, 0.4) is 0 Å². The first-order chi connectivity index (χ1) is 16.4. The minimum absolute atomic E-state index is 0.0273. The van der Waals surface area contributed by atoms with E-state index in [-0.39, 0.29) is 35.8 Å². The fourth-order valence-corrected chi connectivity index (χ4v) is 5.47. The lowest BCUT2D eigenvalue weighted by atomic mass is 9.91. The van der Waals surface area contributed by atoms with Gasteiger partial charge >= 0.3 is 0 Å². The van der Waals surface area contributed by atoms with Gasteiger partial charge in [-0.2, -0.15) is 0 Å². The molecule has 2 aliphatic carbocycles. The van der Waals surface area contributed by atoms with Crippen molar-refractivity contribution in [2.75, 3.05) is 0 Å². The van der Waals surface area contributed by atoms with E-state index in [1.807, 2.05) is 45.0 Å². The SMILES string of the molecule is CCC1=C(C(=O)N[C@H]2CCCC[C@@H]2O)C(C)c2cc(CC)n(CC(=O)c3ccccc3)c(=O)c21. The topological polar surface area (TPSA) is 88.4 Å². The number of amides is 1. The first kappa shape index (κ1) is 24.1. The number of nitrogens with one attached hydrogen (secondary N) is 1. The van der Waals surface area contributed by atoms with E-state index in [1.165, 1.54) is 0 Å². The number of carbonyl (C=O) groups excluding carboxylic acids is 2. The van der Waals surface area contributed by atoms with Crippen molar-refractivity contribution in [1.82, 2.24) is 9.88 Å². The van der Waals surface area contributed by atoms with Gasteiger partial charge in [-0.25, -0.2) is 0 Å². The quantitative estimate of drug-likeness (QED) is 0.609. The number of aliphatic hydroxyl groups excluding tert-OH is 1. The molecule has 0 aliphatic heterocycles. The van der Waals surface area contributed by atoms with Crippen molar-refractivity contribution >= 4 is 17.3 Å². The van der Waals surface area contributed by atoms with Crippen molar-refractivity contribution in [3.05, 3.63) is 74.7 Å². The van der Waals surface area contributed by atoms with Crippen LogP contribution in [0.1, 0.15) is 86.0 Å². The number of allylic oxidation sites excluding steroid dienone is 1. The molecule has 1 fully saturated rings. The van der Waals surface area contributed by atoms with E-state index in [4.69, 9.17) is 0 Å². The van der Waals surface area contributed by atoms with Crippen LogP contribution in [0, 0.1) is 0 Å². The number of nitrogens with zero attached hydrogens (tertiary/aromatic N) is 1. The first-order valence-corrected chi connectivity index (χ1v) is 12.4. The number of hydrogen-bond donors (Lipinski definition) is 2. The van der Waals surface area contributed by atoms with Gasteiger partial charge < -0.3 is 15.0 Å². The molecule has 1 aromatic heterocycles. The highest BCUT2D eigenvalue weighted by Gasteiger charge is 2.36. The van der Waals surface area contributed by atoms with Gasteiger partial charge in [-0.05, 0) is 42.9 Å². The molecular formula is C28H34N2O4. The predicted molar refractivity (Wildman–Crippen MR) is 133 cm³/mol. The van der Waals surface area contributed by atoms with E-state index >= 15 is 0 Å². The Morgan fingerprint density at radius 1 is 1.09 bits per heavy atom. The van der Waals surface area contributed by atoms with Crippen molar-refractivity contribution in [2.24, 2.45) is 0 Å². The summed E-state index contributed by atoms with van der Waals surface area (Å²) < 4.78 is 1.57. The zero-order chi connectivity index (χ0) is 24.4. The average Bonchev–Trinajstić information content (AvgIpc) is 3.14. The van der Waals surface area contributed by atoms with Gasteiger partial charge in [0.2, 0.25) is 5.91 Å². The highest BCUT2D eigenvalue weighted by Crippen LogP contribution is 2.42. The third-order valence-corrected chi connectivity index (χ3v) is 7.35. The summed E-state index contributed by atoms with van der Waals surface area (Å²) in [5.74, 6) is -0.534. The highest BCUT2D eigenvalue weighted by atomic mass is 16.3. The number of rotatable bonds is 7. The number of hydrogen-bond acceptors (Lipinski definition) is 4. The summed E-state index contributed by atoms with van der Waals surface area (Å²) in [6.07, 6.45) is 4.03. The van der Waals surface area contributed by atoms with Gasteiger partial charge in [0.05, 0.1) is 18.7 Å². The Hall–Kier alpha value is -2.99. The zero-order valence-corrected chi connectivity index (χ0v) is 20.3. The molecule has 3 atom stereocenters. The Bertz CT molecular complexity index is 1180. The van der Waals surface area contributed by atoms with E-state index in [9.17, 15) is 19.5 Å². The van der Waals surface area contributed by atoms with Crippen LogP contribution < -0.4 is 10.9 Å². The molecule has 0 radical (unpaired) electrons. The van der Waals surface area contributed by atoms with E-state index in [0.29, 0.717) is 36.0 Å². The molecule has 0 saturated heterocycles. The number of fused-ring (bicyclic) bond motifs is 1. The Kier molecular flexibility index (Phi) is 7.17. The number of aryl methyl sites for hydroxylation is 1. The van der Waals surface area contributed by atoms with Crippen molar-refractivity contribution in [2.45, 2.75) is 83.9 Å². The Balaban J connectivity index is 1.72. The second-order valence-corrected chi connectivity index (χ2v) is 9.40. The molecule has 2 aliphatic rings. The molecule has 2 N–H and O–H groups in total. The third kappa shape index (κ3) is 4.39. The molecule has 0 bridgehead atoms. The molecule has 4 rings (SSSR count). The van der Waals surface area contributed by atoms with E-state index in [1.54, 1.807) is 16.7 Å². The highest BCUT2D eigenvalue weighted by molar-refractivity contribution is 6.05. The fourth-order valence-electron chi connectivity index (χ4n) is 5.47. The third-order valence-electron chi connectivity index (χ3n) is 7.35. The van der Waals surface area contributed by atoms with Gasteiger partial charge in [0, 0.05) is 28.3 Å². The number of aromatic nitrogens is 1. The molecule has 2 aromatic rings. The monoisotopic (exact) mass is 462 g/mol. The number of carbonyl (C=O) groups is 2. The standard InChI is InChI=1S/C28H34N2O4/c1-4-19-15-21-17(3)25(27(33)29-22-13-9-10-14-23(22)31)20(5-2)26(21)28(34)30(19)16-24(32)18-11-7-6-8-12-18/h6-8,11-12,15,17,22-23,31H,4-5,9-10,13-14,16H2,1-3H3,(H,29,33)/t17?,22-,23-/m0/s1.